The van der Waals surface area contributed by atoms with Crippen molar-refractivity contribution in [1.82, 2.24) is 9.97 Å². The molecule has 1 heterocycles. The second-order valence-electron chi connectivity index (χ2n) is 3.78. The molecule has 1 aromatic carbocycles. The maximum Gasteiger partial charge on any atom is 0.275 e. The van der Waals surface area contributed by atoms with Crippen molar-refractivity contribution in [3.63, 3.8) is 0 Å². The van der Waals surface area contributed by atoms with Gasteiger partial charge in [-0.1, -0.05) is 0 Å². The van der Waals surface area contributed by atoms with Gasteiger partial charge < -0.3 is 9.72 Å². The Morgan fingerprint density at radius 1 is 1.50 bits per heavy atom. The van der Waals surface area contributed by atoms with Crippen LogP contribution in [-0.4, -0.2) is 14.9 Å². The second-order valence-corrected chi connectivity index (χ2v) is 4.57. The van der Waals surface area contributed by atoms with Gasteiger partial charge in [0.25, 0.3) is 11.2 Å². The van der Waals surface area contributed by atoms with E-state index in [1.165, 1.54) is 13.0 Å². The molecule has 0 atom stereocenters. The predicted molar refractivity (Wildman–Crippen MR) is 70.4 cm³/mol. The van der Waals surface area contributed by atoms with Crippen LogP contribution in [0, 0.1) is 22.9 Å². The highest BCUT2D eigenvalue weighted by Crippen LogP contribution is 2.31. The van der Waals surface area contributed by atoms with Gasteiger partial charge in [-0.3, -0.25) is 14.9 Å². The van der Waals surface area contributed by atoms with Gasteiger partial charge in [0.2, 0.25) is 5.88 Å². The van der Waals surface area contributed by atoms with Gasteiger partial charge in [-0.05, 0) is 28.9 Å². The number of hydrogen-bond donors (Lipinski definition) is 1. The van der Waals surface area contributed by atoms with Crippen LogP contribution in [0.15, 0.2) is 27.7 Å². The van der Waals surface area contributed by atoms with Gasteiger partial charge in [0.1, 0.15) is 4.47 Å². The first kappa shape index (κ1) is 14.1. The lowest BCUT2D eigenvalue weighted by atomic mass is 10.2. The van der Waals surface area contributed by atoms with Crippen LogP contribution in [0.3, 0.4) is 0 Å². The van der Waals surface area contributed by atoms with Crippen molar-refractivity contribution >= 4 is 21.6 Å². The molecule has 0 unspecified atom stereocenters. The highest BCUT2D eigenvalue weighted by molar-refractivity contribution is 9.10. The lowest BCUT2D eigenvalue weighted by Crippen LogP contribution is -2.08. The molecule has 20 heavy (non-hydrogen) atoms. The number of nitro benzene ring substituents is 1. The Hall–Kier alpha value is -2.29. The molecule has 2 aromatic rings. The molecule has 0 saturated heterocycles. The minimum absolute atomic E-state index is 0.00425. The largest absolute Gasteiger partial charge is 0.434 e. The Morgan fingerprint density at radius 2 is 2.20 bits per heavy atom. The number of ether oxygens (including phenoxy) is 1. The molecule has 0 aliphatic carbocycles. The van der Waals surface area contributed by atoms with Crippen molar-refractivity contribution in [2.45, 2.75) is 6.92 Å². The molecule has 0 radical (unpaired) electrons. The zero-order valence-electron chi connectivity index (χ0n) is 10.0. The Balaban J connectivity index is 2.45. The van der Waals surface area contributed by atoms with Crippen molar-refractivity contribution in [2.75, 3.05) is 0 Å². The maximum atomic E-state index is 13.7. The molecule has 0 aliphatic rings. The van der Waals surface area contributed by atoms with E-state index in [0.29, 0.717) is 0 Å². The second kappa shape index (κ2) is 5.37. The summed E-state index contributed by atoms with van der Waals surface area (Å²) in [5.41, 5.74) is -0.616. The fraction of sp³-hybridized carbons (Fsp3) is 0.0909. The lowest BCUT2D eigenvalue weighted by molar-refractivity contribution is -0.385. The van der Waals surface area contributed by atoms with Gasteiger partial charge in [-0.25, -0.2) is 9.37 Å². The summed E-state index contributed by atoms with van der Waals surface area (Å²) in [5.74, 6) is -1.32. The number of aromatic amines is 1. The van der Waals surface area contributed by atoms with Gasteiger partial charge in [-0.15, -0.1) is 0 Å². The molecule has 1 N–H and O–H groups in total. The summed E-state index contributed by atoms with van der Waals surface area (Å²) in [5, 5.41) is 10.7. The average molecular weight is 344 g/mol. The predicted octanol–water partition coefficient (Wildman–Crippen LogP) is 2.68. The van der Waals surface area contributed by atoms with Crippen molar-refractivity contribution in [2.24, 2.45) is 0 Å². The summed E-state index contributed by atoms with van der Waals surface area (Å²) in [6.45, 7) is 1.45. The minimum Gasteiger partial charge on any atom is -0.434 e. The number of rotatable bonds is 3. The van der Waals surface area contributed by atoms with E-state index in [4.69, 9.17) is 4.74 Å². The fourth-order valence-electron chi connectivity index (χ4n) is 1.46. The summed E-state index contributed by atoms with van der Waals surface area (Å²) in [7, 11) is 0. The first-order valence-electron chi connectivity index (χ1n) is 5.25. The van der Waals surface area contributed by atoms with E-state index in [9.17, 15) is 19.3 Å². The molecule has 104 valence electrons. The monoisotopic (exact) mass is 343 g/mol. The normalized spacial score (nSPS) is 10.3. The molecule has 0 amide bonds. The molecule has 9 heteroatoms. The van der Waals surface area contributed by atoms with Crippen LogP contribution >= 0.6 is 15.9 Å². The number of H-pyrrole nitrogens is 1. The molecule has 7 nitrogen and oxygen atoms in total. The van der Waals surface area contributed by atoms with E-state index in [0.717, 1.165) is 12.4 Å². The van der Waals surface area contributed by atoms with Gasteiger partial charge >= 0.3 is 0 Å². The number of benzene rings is 1. The van der Waals surface area contributed by atoms with Crippen molar-refractivity contribution in [3.8, 4) is 11.6 Å². The van der Waals surface area contributed by atoms with Gasteiger partial charge in [0, 0.05) is 5.56 Å². The zero-order valence-corrected chi connectivity index (χ0v) is 11.6. The average Bonchev–Trinajstić information content (AvgIpc) is 2.38. The summed E-state index contributed by atoms with van der Waals surface area (Å²) in [6.07, 6.45) is 1.10. The zero-order chi connectivity index (χ0) is 14.9. The lowest BCUT2D eigenvalue weighted by Gasteiger charge is -2.07. The molecule has 0 aliphatic heterocycles. The SMILES string of the molecule is Cc1cc(Oc2nc[nH]c(=O)c2Br)c(F)cc1[N+](=O)[O-]. The molecular weight excluding hydrogens is 337 g/mol. The standard InChI is InChI=1S/C11H7BrFN3O4/c1-5-2-8(6(13)3-7(5)16(18)19)20-11-9(12)10(17)14-4-15-11/h2-4H,1H3,(H,14,15,17). The Kier molecular flexibility index (Phi) is 3.79. The van der Waals surface area contributed by atoms with Crippen LogP contribution in [0.4, 0.5) is 10.1 Å². The van der Waals surface area contributed by atoms with E-state index in [1.807, 2.05) is 0 Å². The summed E-state index contributed by atoms with van der Waals surface area (Å²) >= 11 is 2.96. The van der Waals surface area contributed by atoms with Crippen molar-refractivity contribution in [1.29, 1.82) is 0 Å². The van der Waals surface area contributed by atoms with E-state index in [2.05, 4.69) is 25.9 Å². The maximum absolute atomic E-state index is 13.7. The fourth-order valence-corrected chi connectivity index (χ4v) is 1.76. The van der Waals surface area contributed by atoms with Crippen LogP contribution in [0.25, 0.3) is 0 Å². The summed E-state index contributed by atoms with van der Waals surface area (Å²) < 4.78 is 18.9. The number of nitrogens with one attached hydrogen (secondary N) is 1. The van der Waals surface area contributed by atoms with Crippen LogP contribution in [-0.2, 0) is 0 Å². The van der Waals surface area contributed by atoms with Crippen molar-refractivity contribution < 1.29 is 14.1 Å². The quantitative estimate of drug-likeness (QED) is 0.682. The third-order valence-electron chi connectivity index (χ3n) is 2.42. The number of nitro groups is 1. The smallest absolute Gasteiger partial charge is 0.275 e. The van der Waals surface area contributed by atoms with Gasteiger partial charge in [-0.2, -0.15) is 0 Å². The molecule has 1 aromatic heterocycles. The van der Waals surface area contributed by atoms with E-state index in [-0.39, 0.29) is 27.4 Å². The molecule has 0 spiro atoms. The number of halogens is 2. The Labute approximate surface area is 119 Å². The summed E-state index contributed by atoms with van der Waals surface area (Å²) in [6, 6.07) is 1.93. The van der Waals surface area contributed by atoms with Crippen LogP contribution in [0.1, 0.15) is 5.56 Å². The Morgan fingerprint density at radius 3 is 2.85 bits per heavy atom. The first-order chi connectivity index (χ1) is 9.40. The Bertz CT molecular complexity index is 747. The summed E-state index contributed by atoms with van der Waals surface area (Å²) in [4.78, 5) is 27.3. The third-order valence-corrected chi connectivity index (χ3v) is 3.12. The molecule has 2 rings (SSSR count). The molecule has 0 bridgehead atoms. The minimum atomic E-state index is -0.920. The van der Waals surface area contributed by atoms with Gasteiger partial charge in [0.05, 0.1) is 17.3 Å². The number of nitrogens with zero attached hydrogens (tertiary/aromatic N) is 2. The van der Waals surface area contributed by atoms with Crippen LogP contribution < -0.4 is 10.3 Å². The molecule has 0 saturated carbocycles. The topological polar surface area (TPSA) is 98.1 Å². The molecule has 0 fully saturated rings. The number of aromatic nitrogens is 2. The van der Waals surface area contributed by atoms with E-state index < -0.39 is 16.3 Å². The number of hydrogen-bond acceptors (Lipinski definition) is 5. The van der Waals surface area contributed by atoms with Gasteiger partial charge in [0.15, 0.2) is 11.6 Å². The van der Waals surface area contributed by atoms with Crippen LogP contribution in [0.2, 0.25) is 0 Å². The number of aryl methyl sites for hydroxylation is 1. The highest BCUT2D eigenvalue weighted by atomic mass is 79.9. The van der Waals surface area contributed by atoms with Crippen LogP contribution in [0.5, 0.6) is 11.6 Å². The van der Waals surface area contributed by atoms with Crippen molar-refractivity contribution in [3.05, 3.63) is 54.8 Å². The van der Waals surface area contributed by atoms with E-state index >= 15 is 0 Å². The first-order valence-corrected chi connectivity index (χ1v) is 6.05. The highest BCUT2D eigenvalue weighted by Gasteiger charge is 2.18. The third kappa shape index (κ3) is 2.67. The van der Waals surface area contributed by atoms with E-state index in [1.54, 1.807) is 0 Å². The molecular formula is C11H7BrFN3O4.